The molecule has 0 atom stereocenters. The van der Waals surface area contributed by atoms with Gasteiger partial charge in [-0.2, -0.15) is 0 Å². The summed E-state index contributed by atoms with van der Waals surface area (Å²) in [5.74, 6) is 0. The predicted molar refractivity (Wildman–Crippen MR) is 85.3 cm³/mol. The molecular weight excluding hydrogens is 268 g/mol. The van der Waals surface area contributed by atoms with Gasteiger partial charge in [-0.05, 0) is 36.4 Å². The topological polar surface area (TPSA) is 17.0 Å². The number of halogens is 1. The number of fused-ring (bicyclic) bond motifs is 1. The van der Waals surface area contributed by atoms with Crippen molar-refractivity contribution in [2.75, 3.05) is 7.05 Å². The van der Waals surface area contributed by atoms with Crippen LogP contribution in [0.5, 0.6) is 0 Å². The van der Waals surface area contributed by atoms with Crippen LogP contribution in [0.3, 0.4) is 0 Å². The van der Waals surface area contributed by atoms with E-state index in [9.17, 15) is 0 Å². The number of para-hydroxylation sites is 1. The molecule has 0 unspecified atom stereocenters. The summed E-state index contributed by atoms with van der Waals surface area (Å²) in [5, 5.41) is 5.33. The summed E-state index contributed by atoms with van der Waals surface area (Å²) in [6, 6.07) is 16.6. The molecule has 1 N–H and O–H groups in total. The van der Waals surface area contributed by atoms with Gasteiger partial charge in [0.25, 0.3) is 0 Å². The van der Waals surface area contributed by atoms with Crippen molar-refractivity contribution in [1.82, 2.24) is 9.88 Å². The Balaban J connectivity index is 2.00. The number of hydrogen-bond acceptors (Lipinski definition) is 1. The van der Waals surface area contributed by atoms with E-state index in [2.05, 4.69) is 52.5 Å². The van der Waals surface area contributed by atoms with Crippen LogP contribution in [-0.2, 0) is 13.1 Å². The van der Waals surface area contributed by atoms with Gasteiger partial charge in [0.15, 0.2) is 0 Å². The Morgan fingerprint density at radius 3 is 2.55 bits per heavy atom. The molecule has 20 heavy (non-hydrogen) atoms. The number of benzene rings is 2. The number of hydrogen-bond donors (Lipinski definition) is 1. The lowest BCUT2D eigenvalue weighted by Gasteiger charge is -2.05. The molecular formula is C17H17ClN2. The Hall–Kier alpha value is -1.77. The highest BCUT2D eigenvalue weighted by molar-refractivity contribution is 6.30. The van der Waals surface area contributed by atoms with Gasteiger partial charge in [0.2, 0.25) is 0 Å². The molecule has 102 valence electrons. The summed E-state index contributed by atoms with van der Waals surface area (Å²) in [6.07, 6.45) is 2.23. The molecule has 0 spiro atoms. The standard InChI is InChI=1S/C17H17ClN2/c1-19-10-14-12-20(17-5-3-2-4-16(14)17)11-13-6-8-15(18)9-7-13/h2-9,12,19H,10-11H2,1H3. The van der Waals surface area contributed by atoms with E-state index in [1.165, 1.54) is 22.0 Å². The largest absolute Gasteiger partial charge is 0.343 e. The van der Waals surface area contributed by atoms with Crippen molar-refractivity contribution in [1.29, 1.82) is 0 Å². The highest BCUT2D eigenvalue weighted by atomic mass is 35.5. The molecule has 0 saturated carbocycles. The molecule has 0 radical (unpaired) electrons. The predicted octanol–water partition coefficient (Wildman–Crippen LogP) is 4.06. The van der Waals surface area contributed by atoms with Gasteiger partial charge < -0.3 is 9.88 Å². The monoisotopic (exact) mass is 284 g/mol. The first-order valence-corrected chi connectivity index (χ1v) is 7.11. The molecule has 1 heterocycles. The van der Waals surface area contributed by atoms with Gasteiger partial charge in [0.1, 0.15) is 0 Å². The van der Waals surface area contributed by atoms with E-state index in [0.29, 0.717) is 0 Å². The quantitative estimate of drug-likeness (QED) is 0.764. The second-order valence-corrected chi connectivity index (χ2v) is 5.39. The minimum absolute atomic E-state index is 0.780. The normalized spacial score (nSPS) is 11.1. The second kappa shape index (κ2) is 5.70. The fraction of sp³-hybridized carbons (Fsp3) is 0.176. The van der Waals surface area contributed by atoms with E-state index in [1.54, 1.807) is 0 Å². The second-order valence-electron chi connectivity index (χ2n) is 4.96. The van der Waals surface area contributed by atoms with Crippen LogP contribution in [-0.4, -0.2) is 11.6 Å². The Morgan fingerprint density at radius 1 is 1.05 bits per heavy atom. The van der Waals surface area contributed by atoms with Gasteiger partial charge in [-0.1, -0.05) is 41.9 Å². The Morgan fingerprint density at radius 2 is 1.80 bits per heavy atom. The number of rotatable bonds is 4. The Kier molecular flexibility index (Phi) is 3.77. The van der Waals surface area contributed by atoms with Crippen LogP contribution in [0.15, 0.2) is 54.7 Å². The number of aromatic nitrogens is 1. The fourth-order valence-corrected chi connectivity index (χ4v) is 2.70. The Labute approximate surface area is 124 Å². The minimum Gasteiger partial charge on any atom is -0.343 e. The molecule has 2 nitrogen and oxygen atoms in total. The smallest absolute Gasteiger partial charge is 0.0486 e. The maximum absolute atomic E-state index is 5.94. The third kappa shape index (κ3) is 2.58. The van der Waals surface area contributed by atoms with E-state index in [1.807, 2.05) is 19.2 Å². The van der Waals surface area contributed by atoms with Crippen molar-refractivity contribution in [3.63, 3.8) is 0 Å². The van der Waals surface area contributed by atoms with Crippen LogP contribution in [0, 0.1) is 0 Å². The molecule has 0 fully saturated rings. The van der Waals surface area contributed by atoms with E-state index < -0.39 is 0 Å². The fourth-order valence-electron chi connectivity index (χ4n) is 2.57. The number of nitrogens with one attached hydrogen (secondary N) is 1. The van der Waals surface area contributed by atoms with Gasteiger partial charge in [-0.15, -0.1) is 0 Å². The van der Waals surface area contributed by atoms with Crippen molar-refractivity contribution >= 4 is 22.5 Å². The third-order valence-corrected chi connectivity index (χ3v) is 3.76. The zero-order valence-electron chi connectivity index (χ0n) is 11.4. The molecule has 2 aromatic carbocycles. The van der Waals surface area contributed by atoms with Gasteiger partial charge in [0.05, 0.1) is 0 Å². The average Bonchev–Trinajstić information content (AvgIpc) is 2.81. The van der Waals surface area contributed by atoms with Crippen molar-refractivity contribution < 1.29 is 0 Å². The van der Waals surface area contributed by atoms with E-state index >= 15 is 0 Å². The molecule has 0 amide bonds. The first kappa shape index (κ1) is 13.2. The lowest BCUT2D eigenvalue weighted by atomic mass is 10.2. The molecule has 1 aromatic heterocycles. The lowest BCUT2D eigenvalue weighted by molar-refractivity contribution is 0.795. The highest BCUT2D eigenvalue weighted by Gasteiger charge is 2.07. The van der Waals surface area contributed by atoms with Crippen LogP contribution in [0.4, 0.5) is 0 Å². The molecule has 0 saturated heterocycles. The highest BCUT2D eigenvalue weighted by Crippen LogP contribution is 2.22. The first-order valence-electron chi connectivity index (χ1n) is 6.74. The van der Waals surface area contributed by atoms with E-state index in [-0.39, 0.29) is 0 Å². The maximum atomic E-state index is 5.94. The van der Waals surface area contributed by atoms with Crippen LogP contribution >= 0.6 is 11.6 Å². The summed E-state index contributed by atoms with van der Waals surface area (Å²) < 4.78 is 2.30. The first-order chi connectivity index (χ1) is 9.78. The average molecular weight is 285 g/mol. The van der Waals surface area contributed by atoms with Gasteiger partial charge in [0, 0.05) is 35.2 Å². The van der Waals surface area contributed by atoms with Gasteiger partial charge in [-0.3, -0.25) is 0 Å². The third-order valence-electron chi connectivity index (χ3n) is 3.50. The molecule has 3 rings (SSSR count). The summed E-state index contributed by atoms with van der Waals surface area (Å²) in [4.78, 5) is 0. The molecule has 3 heteroatoms. The minimum atomic E-state index is 0.780. The molecule has 0 bridgehead atoms. The SMILES string of the molecule is CNCc1cn(Cc2ccc(Cl)cc2)c2ccccc12. The molecule has 0 aliphatic rings. The van der Waals surface area contributed by atoms with Gasteiger partial charge in [-0.25, -0.2) is 0 Å². The van der Waals surface area contributed by atoms with Crippen molar-refractivity contribution in [2.45, 2.75) is 13.1 Å². The molecule has 0 aliphatic carbocycles. The van der Waals surface area contributed by atoms with Crippen molar-refractivity contribution in [2.24, 2.45) is 0 Å². The van der Waals surface area contributed by atoms with E-state index in [4.69, 9.17) is 11.6 Å². The number of nitrogens with zero attached hydrogens (tertiary/aromatic N) is 1. The van der Waals surface area contributed by atoms with E-state index in [0.717, 1.165) is 18.1 Å². The maximum Gasteiger partial charge on any atom is 0.0486 e. The van der Waals surface area contributed by atoms with Crippen LogP contribution < -0.4 is 5.32 Å². The van der Waals surface area contributed by atoms with Crippen molar-refractivity contribution in [3.8, 4) is 0 Å². The lowest BCUT2D eigenvalue weighted by Crippen LogP contribution is -2.04. The molecule has 0 aliphatic heterocycles. The summed E-state index contributed by atoms with van der Waals surface area (Å²) in [7, 11) is 1.98. The van der Waals surface area contributed by atoms with Gasteiger partial charge >= 0.3 is 0 Å². The van der Waals surface area contributed by atoms with Crippen LogP contribution in [0.2, 0.25) is 5.02 Å². The Bertz CT molecular complexity index is 713. The van der Waals surface area contributed by atoms with Crippen molar-refractivity contribution in [3.05, 3.63) is 70.9 Å². The molecule has 3 aromatic rings. The van der Waals surface area contributed by atoms with Crippen LogP contribution in [0.1, 0.15) is 11.1 Å². The summed E-state index contributed by atoms with van der Waals surface area (Å²) in [6.45, 7) is 1.75. The summed E-state index contributed by atoms with van der Waals surface area (Å²) in [5.41, 5.74) is 3.86. The zero-order valence-corrected chi connectivity index (χ0v) is 12.2. The summed E-state index contributed by atoms with van der Waals surface area (Å²) >= 11 is 5.94. The zero-order chi connectivity index (χ0) is 13.9. The van der Waals surface area contributed by atoms with Crippen LogP contribution in [0.25, 0.3) is 10.9 Å².